The first kappa shape index (κ1) is 15.8. The lowest BCUT2D eigenvalue weighted by molar-refractivity contribution is 0.101. The molecule has 0 radical (unpaired) electrons. The number of rotatable bonds is 4. The summed E-state index contributed by atoms with van der Waals surface area (Å²) in [5.74, 6) is -0.279. The third-order valence-electron chi connectivity index (χ3n) is 3.21. The highest BCUT2D eigenvalue weighted by Crippen LogP contribution is 2.25. The van der Waals surface area contributed by atoms with Crippen molar-refractivity contribution in [1.82, 2.24) is 14.5 Å². The molecule has 0 unspecified atom stereocenters. The summed E-state index contributed by atoms with van der Waals surface area (Å²) in [5.41, 5.74) is 1.50. The minimum absolute atomic E-state index is 0.279. The minimum atomic E-state index is -0.279. The number of nitrogens with zero attached hydrogens (tertiary/aromatic N) is 4. The summed E-state index contributed by atoms with van der Waals surface area (Å²) >= 11 is 1.41. The van der Waals surface area contributed by atoms with Gasteiger partial charge in [-0.15, -0.1) is 0 Å². The van der Waals surface area contributed by atoms with E-state index in [0.717, 1.165) is 10.1 Å². The highest BCUT2D eigenvalue weighted by molar-refractivity contribution is 7.99. The van der Waals surface area contributed by atoms with Crippen LogP contribution in [0.25, 0.3) is 0 Å². The molecule has 1 amide bonds. The number of aromatic nitrogens is 3. The van der Waals surface area contributed by atoms with Gasteiger partial charge >= 0.3 is 0 Å². The average molecular weight is 335 g/mol. The fourth-order valence-electron chi connectivity index (χ4n) is 2.10. The van der Waals surface area contributed by atoms with E-state index in [2.05, 4.69) is 15.3 Å². The Balaban J connectivity index is 1.76. The van der Waals surface area contributed by atoms with Crippen molar-refractivity contribution in [1.29, 1.82) is 5.26 Å². The van der Waals surface area contributed by atoms with E-state index in [1.807, 2.05) is 24.3 Å². The molecule has 118 valence electrons. The number of amides is 1. The van der Waals surface area contributed by atoms with Gasteiger partial charge in [0.1, 0.15) is 21.8 Å². The first-order valence-electron chi connectivity index (χ1n) is 7.08. The highest BCUT2D eigenvalue weighted by Gasteiger charge is 2.12. The van der Waals surface area contributed by atoms with Crippen molar-refractivity contribution < 1.29 is 4.79 Å². The molecule has 3 aromatic rings. The molecule has 0 aliphatic heterocycles. The van der Waals surface area contributed by atoms with Crippen LogP contribution in [0.3, 0.4) is 0 Å². The van der Waals surface area contributed by atoms with Crippen molar-refractivity contribution in [2.75, 3.05) is 5.32 Å². The number of carbonyl (C=O) groups is 1. The molecule has 1 N–H and O–H groups in total. The fraction of sp³-hybridized carbons (Fsp3) is 0.0588. The molecule has 0 bridgehead atoms. The van der Waals surface area contributed by atoms with Crippen molar-refractivity contribution in [2.45, 2.75) is 10.1 Å². The summed E-state index contributed by atoms with van der Waals surface area (Å²) < 4.78 is 1.62. The molecule has 6 nitrogen and oxygen atoms in total. The summed E-state index contributed by atoms with van der Waals surface area (Å²) in [5, 5.41) is 13.3. The largest absolute Gasteiger partial charge is 0.345 e. The number of anilines is 1. The zero-order valence-corrected chi connectivity index (χ0v) is 13.6. The minimum Gasteiger partial charge on any atom is -0.345 e. The Hall–Kier alpha value is -3.11. The van der Waals surface area contributed by atoms with E-state index in [0.29, 0.717) is 16.9 Å². The number of nitrogens with one attached hydrogen (secondary N) is 1. The van der Waals surface area contributed by atoms with Crippen LogP contribution < -0.4 is 5.32 Å². The van der Waals surface area contributed by atoms with Gasteiger partial charge in [-0.1, -0.05) is 17.8 Å². The normalized spacial score (nSPS) is 10.2. The van der Waals surface area contributed by atoms with Crippen LogP contribution in [0, 0.1) is 11.3 Å². The molecular weight excluding hydrogens is 322 g/mol. The third kappa shape index (κ3) is 3.62. The summed E-state index contributed by atoms with van der Waals surface area (Å²) in [6.45, 7) is 0. The maximum atomic E-state index is 12.4. The van der Waals surface area contributed by atoms with Gasteiger partial charge in [-0.2, -0.15) is 5.26 Å². The predicted octanol–water partition coefficient (Wildman–Crippen LogP) is 3.09. The summed E-state index contributed by atoms with van der Waals surface area (Å²) in [7, 11) is 1.73. The van der Waals surface area contributed by atoms with Crippen molar-refractivity contribution >= 4 is 23.4 Å². The van der Waals surface area contributed by atoms with Crippen LogP contribution in [0.5, 0.6) is 0 Å². The Morgan fingerprint density at radius 2 is 2.04 bits per heavy atom. The SMILES string of the molecule is Cn1cc(C#N)cc1C(=O)Nc1ccnc(Sc2ccccn2)c1. The molecule has 7 heteroatoms. The van der Waals surface area contributed by atoms with E-state index in [-0.39, 0.29) is 5.91 Å². The Morgan fingerprint density at radius 1 is 1.21 bits per heavy atom. The van der Waals surface area contributed by atoms with Gasteiger partial charge in [0.25, 0.3) is 5.91 Å². The lowest BCUT2D eigenvalue weighted by Crippen LogP contribution is -2.15. The summed E-state index contributed by atoms with van der Waals surface area (Å²) in [6.07, 6.45) is 4.96. The zero-order chi connectivity index (χ0) is 16.9. The van der Waals surface area contributed by atoms with Crippen molar-refractivity contribution in [3.63, 3.8) is 0 Å². The number of aryl methyl sites for hydroxylation is 1. The first-order chi connectivity index (χ1) is 11.7. The van der Waals surface area contributed by atoms with E-state index >= 15 is 0 Å². The Kier molecular flexibility index (Phi) is 4.59. The van der Waals surface area contributed by atoms with Gasteiger partial charge in [0, 0.05) is 31.3 Å². The van der Waals surface area contributed by atoms with Crippen LogP contribution in [0.15, 0.2) is 65.0 Å². The molecule has 0 saturated heterocycles. The van der Waals surface area contributed by atoms with Gasteiger partial charge in [-0.05, 0) is 30.3 Å². The van der Waals surface area contributed by atoms with Crippen LogP contribution in [-0.4, -0.2) is 20.4 Å². The molecule has 3 rings (SSSR count). The van der Waals surface area contributed by atoms with E-state index < -0.39 is 0 Å². The van der Waals surface area contributed by atoms with Crippen LogP contribution in [0.1, 0.15) is 16.1 Å². The molecule has 0 aromatic carbocycles. The average Bonchev–Trinajstić information content (AvgIpc) is 2.97. The molecule has 0 atom stereocenters. The number of pyridine rings is 2. The highest BCUT2D eigenvalue weighted by atomic mass is 32.2. The smallest absolute Gasteiger partial charge is 0.272 e. The van der Waals surface area contributed by atoms with Gasteiger partial charge in [0.15, 0.2) is 0 Å². The van der Waals surface area contributed by atoms with E-state index in [1.165, 1.54) is 11.8 Å². The maximum Gasteiger partial charge on any atom is 0.272 e. The van der Waals surface area contributed by atoms with Crippen LogP contribution in [0.4, 0.5) is 5.69 Å². The molecule has 24 heavy (non-hydrogen) atoms. The topological polar surface area (TPSA) is 83.6 Å². The molecule has 3 aromatic heterocycles. The third-order valence-corrected chi connectivity index (χ3v) is 4.09. The molecular formula is C17H13N5OS. The zero-order valence-electron chi connectivity index (χ0n) is 12.8. The van der Waals surface area contributed by atoms with Gasteiger partial charge in [0.2, 0.25) is 0 Å². The monoisotopic (exact) mass is 335 g/mol. The Morgan fingerprint density at radius 3 is 2.75 bits per heavy atom. The Labute approximate surface area is 143 Å². The van der Waals surface area contributed by atoms with Crippen molar-refractivity contribution in [3.8, 4) is 6.07 Å². The van der Waals surface area contributed by atoms with Crippen molar-refractivity contribution in [3.05, 3.63) is 66.2 Å². The van der Waals surface area contributed by atoms with E-state index in [1.54, 1.807) is 48.4 Å². The lowest BCUT2D eigenvalue weighted by atomic mass is 10.3. The summed E-state index contributed by atoms with van der Waals surface area (Å²) in [6, 6.07) is 12.7. The quantitative estimate of drug-likeness (QED) is 0.792. The summed E-state index contributed by atoms with van der Waals surface area (Å²) in [4.78, 5) is 20.9. The molecule has 0 fully saturated rings. The van der Waals surface area contributed by atoms with Crippen LogP contribution >= 0.6 is 11.8 Å². The molecule has 0 aliphatic rings. The Bertz CT molecular complexity index is 914. The number of nitriles is 1. The van der Waals surface area contributed by atoms with Gasteiger partial charge < -0.3 is 9.88 Å². The standard InChI is InChI=1S/C17H13N5OS/c1-22-11-12(10-18)8-14(22)17(23)21-13-5-7-20-16(9-13)24-15-4-2-3-6-19-15/h2-9,11H,1H3,(H,20,21,23). The molecule has 0 saturated carbocycles. The second kappa shape index (κ2) is 6.98. The fourth-order valence-corrected chi connectivity index (χ4v) is 2.88. The van der Waals surface area contributed by atoms with E-state index in [9.17, 15) is 4.79 Å². The van der Waals surface area contributed by atoms with Crippen LogP contribution in [-0.2, 0) is 7.05 Å². The molecule has 0 aliphatic carbocycles. The lowest BCUT2D eigenvalue weighted by Gasteiger charge is -2.07. The second-order valence-corrected chi connectivity index (χ2v) is 5.98. The number of carbonyl (C=O) groups excluding carboxylic acids is 1. The molecule has 3 heterocycles. The number of hydrogen-bond donors (Lipinski definition) is 1. The van der Waals surface area contributed by atoms with Crippen LogP contribution in [0.2, 0.25) is 0 Å². The number of hydrogen-bond acceptors (Lipinski definition) is 5. The van der Waals surface area contributed by atoms with Gasteiger partial charge in [-0.25, -0.2) is 9.97 Å². The predicted molar refractivity (Wildman–Crippen MR) is 90.7 cm³/mol. The second-order valence-electron chi connectivity index (χ2n) is 4.94. The van der Waals surface area contributed by atoms with Crippen molar-refractivity contribution in [2.24, 2.45) is 7.05 Å². The maximum absolute atomic E-state index is 12.4. The van der Waals surface area contributed by atoms with Gasteiger partial charge in [-0.3, -0.25) is 4.79 Å². The van der Waals surface area contributed by atoms with Gasteiger partial charge in [0.05, 0.1) is 5.56 Å². The van der Waals surface area contributed by atoms with E-state index in [4.69, 9.17) is 5.26 Å². The molecule has 0 spiro atoms. The first-order valence-corrected chi connectivity index (χ1v) is 7.90.